The molecule has 0 aliphatic rings. The average molecular weight is 346 g/mol. The first-order valence-electron chi connectivity index (χ1n) is 5.77. The molecule has 0 fully saturated rings. The van der Waals surface area contributed by atoms with Crippen molar-refractivity contribution in [3.63, 3.8) is 0 Å². The van der Waals surface area contributed by atoms with Crippen molar-refractivity contribution in [3.8, 4) is 5.75 Å². The quantitative estimate of drug-likeness (QED) is 0.273. The molecule has 0 unspecified atom stereocenters. The maximum absolute atomic E-state index is 6.33. The first-order chi connectivity index (χ1) is 9.56. The second-order valence-corrected chi connectivity index (χ2v) is 5.82. The van der Waals surface area contributed by atoms with Crippen molar-refractivity contribution in [1.82, 2.24) is 0 Å². The van der Waals surface area contributed by atoms with Gasteiger partial charge in [0.05, 0.1) is 27.2 Å². The molecule has 102 valence electrons. The largest absolute Gasteiger partial charge is 0.495 e. The van der Waals surface area contributed by atoms with Crippen LogP contribution in [0.15, 0.2) is 30.3 Å². The van der Waals surface area contributed by atoms with Gasteiger partial charge in [-0.25, -0.2) is 0 Å². The highest BCUT2D eigenvalue weighted by Gasteiger charge is 2.19. The molecular weight excluding hydrogens is 338 g/mol. The maximum atomic E-state index is 6.33. The molecule has 0 aliphatic heterocycles. The van der Waals surface area contributed by atoms with Gasteiger partial charge >= 0.3 is 0 Å². The smallest absolute Gasteiger partial charge is 0.136 e. The molecular formula is C15H8Cl4O. The average Bonchev–Trinajstić information content (AvgIpc) is 2.48. The Morgan fingerprint density at radius 1 is 0.800 bits per heavy atom. The fourth-order valence-electron chi connectivity index (χ4n) is 2.34. The maximum Gasteiger partial charge on any atom is 0.136 e. The number of rotatable bonds is 1. The second kappa shape index (κ2) is 5.16. The van der Waals surface area contributed by atoms with Gasteiger partial charge in [-0.15, -0.1) is 0 Å². The normalized spacial score (nSPS) is 11.2. The molecule has 0 aliphatic carbocycles. The lowest BCUT2D eigenvalue weighted by Crippen LogP contribution is -1.90. The van der Waals surface area contributed by atoms with Crippen LogP contribution in [0.3, 0.4) is 0 Å². The van der Waals surface area contributed by atoms with E-state index in [9.17, 15) is 0 Å². The predicted molar refractivity (Wildman–Crippen MR) is 88.0 cm³/mol. The molecule has 3 aromatic carbocycles. The van der Waals surface area contributed by atoms with Gasteiger partial charge in [-0.2, -0.15) is 0 Å². The van der Waals surface area contributed by atoms with E-state index in [1.54, 1.807) is 7.11 Å². The summed E-state index contributed by atoms with van der Waals surface area (Å²) >= 11 is 24.9. The fourth-order valence-corrected chi connectivity index (χ4v) is 3.35. The fraction of sp³-hybridized carbons (Fsp3) is 0.0667. The third kappa shape index (κ3) is 1.93. The highest BCUT2D eigenvalue weighted by atomic mass is 35.5. The molecule has 0 N–H and O–H groups in total. The van der Waals surface area contributed by atoms with Crippen molar-refractivity contribution in [2.24, 2.45) is 0 Å². The predicted octanol–water partition coefficient (Wildman–Crippen LogP) is 6.62. The molecule has 0 amide bonds. The minimum atomic E-state index is 0.236. The first-order valence-corrected chi connectivity index (χ1v) is 7.28. The van der Waals surface area contributed by atoms with Crippen LogP contribution < -0.4 is 4.74 Å². The second-order valence-electron chi connectivity index (χ2n) is 4.31. The first kappa shape index (κ1) is 14.1. The number of hydrogen-bond donors (Lipinski definition) is 0. The number of fused-ring (bicyclic) bond motifs is 2. The van der Waals surface area contributed by atoms with Crippen LogP contribution in [-0.4, -0.2) is 7.11 Å². The molecule has 0 saturated carbocycles. The van der Waals surface area contributed by atoms with Crippen molar-refractivity contribution in [2.45, 2.75) is 0 Å². The summed E-state index contributed by atoms with van der Waals surface area (Å²) in [4.78, 5) is 0. The summed E-state index contributed by atoms with van der Waals surface area (Å²) in [6.07, 6.45) is 0. The van der Waals surface area contributed by atoms with E-state index in [-0.39, 0.29) is 10.0 Å². The van der Waals surface area contributed by atoms with Gasteiger partial charge < -0.3 is 4.74 Å². The molecule has 3 aromatic rings. The standard InChI is InChI=1S/C15H8Cl4O/c1-20-15-8-5-3-2-4-7(8)6-9-10(15)12(17)14(19)13(18)11(9)16/h2-6H,1H3. The molecule has 20 heavy (non-hydrogen) atoms. The van der Waals surface area contributed by atoms with E-state index in [0.717, 1.165) is 16.2 Å². The number of benzene rings is 3. The van der Waals surface area contributed by atoms with Gasteiger partial charge in [-0.1, -0.05) is 70.7 Å². The molecule has 0 bridgehead atoms. The van der Waals surface area contributed by atoms with Gasteiger partial charge in [0.25, 0.3) is 0 Å². The van der Waals surface area contributed by atoms with E-state index in [4.69, 9.17) is 51.1 Å². The summed E-state index contributed by atoms with van der Waals surface area (Å²) in [7, 11) is 1.59. The zero-order valence-electron chi connectivity index (χ0n) is 10.3. The van der Waals surface area contributed by atoms with Crippen molar-refractivity contribution in [2.75, 3.05) is 7.11 Å². The minimum absolute atomic E-state index is 0.236. The van der Waals surface area contributed by atoms with Gasteiger partial charge in [0, 0.05) is 16.2 Å². The van der Waals surface area contributed by atoms with Gasteiger partial charge in [-0.3, -0.25) is 0 Å². The molecule has 1 nitrogen and oxygen atoms in total. The highest BCUT2D eigenvalue weighted by Crippen LogP contribution is 2.48. The lowest BCUT2D eigenvalue weighted by molar-refractivity contribution is 0.424. The Labute approximate surface area is 135 Å². The molecule has 0 heterocycles. The Morgan fingerprint density at radius 3 is 2.15 bits per heavy atom. The molecule has 0 saturated heterocycles. The summed E-state index contributed by atoms with van der Waals surface area (Å²) in [5.74, 6) is 0.642. The molecule has 0 radical (unpaired) electrons. The van der Waals surface area contributed by atoms with E-state index in [0.29, 0.717) is 21.2 Å². The third-order valence-corrected chi connectivity index (χ3v) is 5.06. The summed E-state index contributed by atoms with van der Waals surface area (Å²) in [6, 6.07) is 9.75. The third-order valence-electron chi connectivity index (χ3n) is 3.24. The van der Waals surface area contributed by atoms with Gasteiger partial charge in [0.2, 0.25) is 0 Å². The summed E-state index contributed by atoms with van der Waals surface area (Å²) in [5, 5.41) is 4.54. The Morgan fingerprint density at radius 2 is 1.45 bits per heavy atom. The minimum Gasteiger partial charge on any atom is -0.495 e. The summed E-state index contributed by atoms with van der Waals surface area (Å²) in [6.45, 7) is 0. The van der Waals surface area contributed by atoms with E-state index in [1.165, 1.54) is 0 Å². The number of halogens is 4. The lowest BCUT2D eigenvalue weighted by atomic mass is 10.0. The highest BCUT2D eigenvalue weighted by molar-refractivity contribution is 6.55. The van der Waals surface area contributed by atoms with E-state index in [1.807, 2.05) is 30.3 Å². The lowest BCUT2D eigenvalue weighted by Gasteiger charge is -2.14. The molecule has 3 rings (SSSR count). The van der Waals surface area contributed by atoms with Crippen LogP contribution >= 0.6 is 46.4 Å². The topological polar surface area (TPSA) is 9.23 Å². The Balaban J connectivity index is 2.66. The van der Waals surface area contributed by atoms with Crippen LogP contribution in [0, 0.1) is 0 Å². The van der Waals surface area contributed by atoms with Crippen LogP contribution in [0.2, 0.25) is 20.1 Å². The van der Waals surface area contributed by atoms with Crippen LogP contribution in [0.5, 0.6) is 5.75 Å². The van der Waals surface area contributed by atoms with E-state index >= 15 is 0 Å². The monoisotopic (exact) mass is 344 g/mol. The van der Waals surface area contributed by atoms with Crippen LogP contribution in [0.1, 0.15) is 0 Å². The van der Waals surface area contributed by atoms with Gasteiger partial charge in [0.15, 0.2) is 0 Å². The Hall–Kier alpha value is -0.860. The van der Waals surface area contributed by atoms with E-state index < -0.39 is 0 Å². The summed E-state index contributed by atoms with van der Waals surface area (Å²) < 4.78 is 5.53. The van der Waals surface area contributed by atoms with E-state index in [2.05, 4.69) is 0 Å². The SMILES string of the molecule is COc1c2ccccc2cc2c(Cl)c(Cl)c(Cl)c(Cl)c12. The zero-order valence-corrected chi connectivity index (χ0v) is 13.3. The summed E-state index contributed by atoms with van der Waals surface area (Å²) in [5.41, 5.74) is 0. The van der Waals surface area contributed by atoms with Crippen molar-refractivity contribution < 1.29 is 4.74 Å². The van der Waals surface area contributed by atoms with Crippen molar-refractivity contribution in [1.29, 1.82) is 0 Å². The molecule has 0 spiro atoms. The van der Waals surface area contributed by atoms with Crippen molar-refractivity contribution in [3.05, 3.63) is 50.4 Å². The van der Waals surface area contributed by atoms with Crippen molar-refractivity contribution >= 4 is 67.9 Å². The van der Waals surface area contributed by atoms with Crippen LogP contribution in [0.4, 0.5) is 0 Å². The number of ether oxygens (including phenoxy) is 1. The Kier molecular flexibility index (Phi) is 3.64. The molecule has 5 heteroatoms. The number of hydrogen-bond acceptors (Lipinski definition) is 1. The van der Waals surface area contributed by atoms with Gasteiger partial charge in [0.1, 0.15) is 5.75 Å². The molecule has 0 aromatic heterocycles. The Bertz CT molecular complexity index is 843. The number of methoxy groups -OCH3 is 1. The van der Waals surface area contributed by atoms with Gasteiger partial charge in [-0.05, 0) is 11.5 Å². The molecule has 0 atom stereocenters. The van der Waals surface area contributed by atoms with Crippen LogP contribution in [-0.2, 0) is 0 Å². The van der Waals surface area contributed by atoms with Crippen LogP contribution in [0.25, 0.3) is 21.5 Å². The zero-order chi connectivity index (χ0) is 14.4.